The van der Waals surface area contributed by atoms with Crippen molar-refractivity contribution in [3.8, 4) is 0 Å². The Morgan fingerprint density at radius 1 is 1.69 bits per heavy atom. The molecule has 1 fully saturated rings. The summed E-state index contributed by atoms with van der Waals surface area (Å²) in [7, 11) is 0. The molecule has 1 aliphatic rings. The number of hydrogen-bond donors (Lipinski definition) is 1. The second-order valence-electron chi connectivity index (χ2n) is 3.96. The molecule has 1 aromatic heterocycles. The number of ketones is 1. The van der Waals surface area contributed by atoms with Crippen molar-refractivity contribution in [2.45, 2.75) is 38.5 Å². The van der Waals surface area contributed by atoms with Gasteiger partial charge in [-0.3, -0.25) is 4.79 Å². The molecule has 2 N–H and O–H groups in total. The zero-order valence-electron chi connectivity index (χ0n) is 9.43. The van der Waals surface area contributed by atoms with Crippen molar-refractivity contribution >= 4 is 5.78 Å². The summed E-state index contributed by atoms with van der Waals surface area (Å²) >= 11 is 0. The standard InChI is InChI=1S/C11H17N3O2/c1-2-14-6-5-13-11(14)10(15)9-4-3-8(7-12)16-9/h5-6,8-9H,2-4,7,12H2,1H3. The van der Waals surface area contributed by atoms with Crippen molar-refractivity contribution < 1.29 is 9.53 Å². The fraction of sp³-hybridized carbons (Fsp3) is 0.636. The first-order valence-electron chi connectivity index (χ1n) is 5.67. The minimum Gasteiger partial charge on any atom is -0.365 e. The van der Waals surface area contributed by atoms with Crippen LogP contribution in [0.15, 0.2) is 12.4 Å². The number of nitrogens with two attached hydrogens (primary N) is 1. The summed E-state index contributed by atoms with van der Waals surface area (Å²) in [6, 6.07) is 0. The van der Waals surface area contributed by atoms with E-state index in [0.29, 0.717) is 12.4 Å². The van der Waals surface area contributed by atoms with Crippen LogP contribution in [-0.4, -0.2) is 34.1 Å². The molecule has 1 aliphatic heterocycles. The van der Waals surface area contributed by atoms with Crippen LogP contribution in [0.3, 0.4) is 0 Å². The molecule has 0 radical (unpaired) electrons. The number of nitrogens with zero attached hydrogens (tertiary/aromatic N) is 2. The van der Waals surface area contributed by atoms with Crippen LogP contribution >= 0.6 is 0 Å². The number of hydrogen-bond acceptors (Lipinski definition) is 4. The fourth-order valence-corrected chi connectivity index (χ4v) is 2.01. The largest absolute Gasteiger partial charge is 0.365 e. The van der Waals surface area contributed by atoms with Gasteiger partial charge in [0.1, 0.15) is 6.10 Å². The maximum Gasteiger partial charge on any atom is 0.226 e. The molecule has 88 valence electrons. The van der Waals surface area contributed by atoms with E-state index in [-0.39, 0.29) is 18.0 Å². The molecule has 0 bridgehead atoms. The summed E-state index contributed by atoms with van der Waals surface area (Å²) in [5, 5.41) is 0. The number of carbonyl (C=O) groups excluding carboxylic acids is 1. The Morgan fingerprint density at radius 2 is 2.50 bits per heavy atom. The topological polar surface area (TPSA) is 70.1 Å². The first-order valence-corrected chi connectivity index (χ1v) is 5.67. The maximum absolute atomic E-state index is 12.1. The number of imidazole rings is 1. The molecule has 2 heterocycles. The van der Waals surface area contributed by atoms with Gasteiger partial charge in [-0.15, -0.1) is 0 Å². The predicted octanol–water partition coefficient (Wildman–Crippen LogP) is 0.592. The van der Waals surface area contributed by atoms with E-state index in [4.69, 9.17) is 10.5 Å². The maximum atomic E-state index is 12.1. The van der Waals surface area contributed by atoms with Crippen molar-refractivity contribution in [3.63, 3.8) is 0 Å². The minimum atomic E-state index is -0.360. The lowest BCUT2D eigenvalue weighted by atomic mass is 10.1. The Kier molecular flexibility index (Phi) is 3.36. The molecular weight excluding hydrogens is 206 g/mol. The van der Waals surface area contributed by atoms with E-state index >= 15 is 0 Å². The molecule has 16 heavy (non-hydrogen) atoms. The van der Waals surface area contributed by atoms with Crippen LogP contribution < -0.4 is 5.73 Å². The van der Waals surface area contributed by atoms with Gasteiger partial charge in [0.2, 0.25) is 5.78 Å². The minimum absolute atomic E-state index is 0.0252. The van der Waals surface area contributed by atoms with Gasteiger partial charge in [-0.2, -0.15) is 0 Å². The average molecular weight is 223 g/mol. The van der Waals surface area contributed by atoms with Gasteiger partial charge < -0.3 is 15.0 Å². The van der Waals surface area contributed by atoms with E-state index in [1.54, 1.807) is 6.20 Å². The van der Waals surface area contributed by atoms with Crippen LogP contribution in [0.25, 0.3) is 0 Å². The lowest BCUT2D eigenvalue weighted by Crippen LogP contribution is -2.27. The lowest BCUT2D eigenvalue weighted by Gasteiger charge is -2.11. The monoisotopic (exact) mass is 223 g/mol. The Hall–Kier alpha value is -1.20. The van der Waals surface area contributed by atoms with Gasteiger partial charge in [-0.1, -0.05) is 0 Å². The third kappa shape index (κ3) is 2.01. The first kappa shape index (κ1) is 11.3. The number of carbonyl (C=O) groups is 1. The Morgan fingerprint density at radius 3 is 3.12 bits per heavy atom. The number of Topliss-reactive ketones (excluding diaryl/α,β-unsaturated/α-hetero) is 1. The van der Waals surface area contributed by atoms with E-state index in [0.717, 1.165) is 19.4 Å². The van der Waals surface area contributed by atoms with Crippen molar-refractivity contribution in [2.75, 3.05) is 6.54 Å². The summed E-state index contributed by atoms with van der Waals surface area (Å²) in [5.41, 5.74) is 5.51. The first-order chi connectivity index (χ1) is 7.76. The van der Waals surface area contributed by atoms with Gasteiger partial charge in [-0.25, -0.2) is 4.98 Å². The average Bonchev–Trinajstić information content (AvgIpc) is 2.96. The molecular formula is C11H17N3O2. The van der Waals surface area contributed by atoms with Crippen molar-refractivity contribution in [1.29, 1.82) is 0 Å². The summed E-state index contributed by atoms with van der Waals surface area (Å²) in [4.78, 5) is 16.2. The molecule has 2 rings (SSSR count). The fourth-order valence-electron chi connectivity index (χ4n) is 2.01. The summed E-state index contributed by atoms with van der Waals surface area (Å²) < 4.78 is 7.40. The third-order valence-electron chi connectivity index (χ3n) is 2.94. The molecule has 0 saturated carbocycles. The number of aromatic nitrogens is 2. The Bertz CT molecular complexity index is 375. The quantitative estimate of drug-likeness (QED) is 0.758. The van der Waals surface area contributed by atoms with Crippen LogP contribution in [0.5, 0.6) is 0 Å². The van der Waals surface area contributed by atoms with E-state index < -0.39 is 0 Å². The highest BCUT2D eigenvalue weighted by Crippen LogP contribution is 2.21. The van der Waals surface area contributed by atoms with Gasteiger partial charge >= 0.3 is 0 Å². The zero-order chi connectivity index (χ0) is 11.5. The third-order valence-corrected chi connectivity index (χ3v) is 2.94. The van der Waals surface area contributed by atoms with Crippen LogP contribution in [0.4, 0.5) is 0 Å². The molecule has 1 aromatic rings. The second kappa shape index (κ2) is 4.76. The van der Waals surface area contributed by atoms with Crippen LogP contribution in [0.1, 0.15) is 30.4 Å². The van der Waals surface area contributed by atoms with Gasteiger partial charge in [0.05, 0.1) is 6.10 Å². The summed E-state index contributed by atoms with van der Waals surface area (Å²) in [5.74, 6) is 0.466. The summed E-state index contributed by atoms with van der Waals surface area (Å²) in [6.07, 6.45) is 4.73. The highest BCUT2D eigenvalue weighted by atomic mass is 16.5. The molecule has 5 heteroatoms. The van der Waals surface area contributed by atoms with E-state index in [1.165, 1.54) is 0 Å². The molecule has 0 aromatic carbocycles. The van der Waals surface area contributed by atoms with Crippen molar-refractivity contribution in [3.05, 3.63) is 18.2 Å². The van der Waals surface area contributed by atoms with Crippen LogP contribution in [-0.2, 0) is 11.3 Å². The Labute approximate surface area is 94.6 Å². The number of aryl methyl sites for hydroxylation is 1. The zero-order valence-corrected chi connectivity index (χ0v) is 9.43. The highest BCUT2D eigenvalue weighted by Gasteiger charge is 2.32. The molecule has 0 aliphatic carbocycles. The Balaban J connectivity index is 2.08. The number of ether oxygens (including phenoxy) is 1. The van der Waals surface area contributed by atoms with E-state index in [2.05, 4.69) is 4.98 Å². The molecule has 1 saturated heterocycles. The highest BCUT2D eigenvalue weighted by molar-refractivity contribution is 5.96. The van der Waals surface area contributed by atoms with Crippen LogP contribution in [0, 0.1) is 0 Å². The van der Waals surface area contributed by atoms with Gasteiger partial charge in [0.25, 0.3) is 0 Å². The SMILES string of the molecule is CCn1ccnc1C(=O)C1CCC(CN)O1. The molecule has 0 spiro atoms. The summed E-state index contributed by atoms with van der Waals surface area (Å²) in [6.45, 7) is 3.21. The number of rotatable bonds is 4. The molecule has 2 unspecified atom stereocenters. The molecule has 0 amide bonds. The van der Waals surface area contributed by atoms with Gasteiger partial charge in [0, 0.05) is 25.5 Å². The lowest BCUT2D eigenvalue weighted by molar-refractivity contribution is 0.0392. The normalized spacial score (nSPS) is 24.9. The van der Waals surface area contributed by atoms with E-state index in [1.807, 2.05) is 17.7 Å². The smallest absolute Gasteiger partial charge is 0.226 e. The second-order valence-corrected chi connectivity index (χ2v) is 3.96. The van der Waals surface area contributed by atoms with Crippen molar-refractivity contribution in [2.24, 2.45) is 5.73 Å². The van der Waals surface area contributed by atoms with E-state index in [9.17, 15) is 4.79 Å². The van der Waals surface area contributed by atoms with Gasteiger partial charge in [-0.05, 0) is 19.8 Å². The molecule has 5 nitrogen and oxygen atoms in total. The van der Waals surface area contributed by atoms with Crippen molar-refractivity contribution in [1.82, 2.24) is 9.55 Å². The predicted molar refractivity (Wildman–Crippen MR) is 59.2 cm³/mol. The van der Waals surface area contributed by atoms with Crippen LogP contribution in [0.2, 0.25) is 0 Å². The van der Waals surface area contributed by atoms with Gasteiger partial charge in [0.15, 0.2) is 5.82 Å². The molecule has 2 atom stereocenters.